The van der Waals surface area contributed by atoms with Crippen LogP contribution in [0.5, 0.6) is 0 Å². The van der Waals surface area contributed by atoms with E-state index in [4.69, 9.17) is 14.9 Å². The summed E-state index contributed by atoms with van der Waals surface area (Å²) in [6, 6.07) is 0. The Balaban J connectivity index is 2.41. The highest BCUT2D eigenvalue weighted by Crippen LogP contribution is 2.19. The average Bonchev–Trinajstić information content (AvgIpc) is 2.15. The lowest BCUT2D eigenvalue weighted by atomic mass is 10.0. The molecule has 54 valence electrons. The highest BCUT2D eigenvalue weighted by Gasteiger charge is 2.31. The molecule has 0 amide bonds. The van der Waals surface area contributed by atoms with Crippen molar-refractivity contribution in [2.45, 2.75) is 19.1 Å². The van der Waals surface area contributed by atoms with Gasteiger partial charge in [0, 0.05) is 5.92 Å². The summed E-state index contributed by atoms with van der Waals surface area (Å²) in [6.45, 7) is 2.25. The normalized spacial score (nSPS) is 43.7. The van der Waals surface area contributed by atoms with Crippen LogP contribution in [0.25, 0.3) is 0 Å². The highest BCUT2D eigenvalue weighted by atomic mass is 16.5. The van der Waals surface area contributed by atoms with Crippen molar-refractivity contribution in [2.24, 2.45) is 5.92 Å². The third-order valence-electron chi connectivity index (χ3n) is 1.85. The molecule has 0 radical (unpaired) electrons. The second-order valence-corrected chi connectivity index (χ2v) is 2.48. The third kappa shape index (κ3) is 1.23. The van der Waals surface area contributed by atoms with Crippen LogP contribution in [0, 0.1) is 5.92 Å². The minimum Gasteiger partial charge on any atom is -0.394 e. The highest BCUT2D eigenvalue weighted by molar-refractivity contribution is 4.79. The van der Waals surface area contributed by atoms with E-state index in [-0.39, 0.29) is 24.7 Å². The maximum Gasteiger partial charge on any atom is 0.0857 e. The summed E-state index contributed by atoms with van der Waals surface area (Å²) in [5, 5.41) is 17.7. The summed E-state index contributed by atoms with van der Waals surface area (Å²) in [5.74, 6) is 0.0787. The molecular formula is C6H12O3. The van der Waals surface area contributed by atoms with Crippen molar-refractivity contribution >= 4 is 0 Å². The van der Waals surface area contributed by atoms with Gasteiger partial charge in [0.1, 0.15) is 0 Å². The van der Waals surface area contributed by atoms with Crippen molar-refractivity contribution in [2.75, 3.05) is 13.2 Å². The lowest BCUT2D eigenvalue weighted by molar-refractivity contribution is 0.0422. The minimum absolute atomic E-state index is 0.0121. The summed E-state index contributed by atoms with van der Waals surface area (Å²) in [4.78, 5) is 0. The zero-order valence-corrected chi connectivity index (χ0v) is 5.45. The van der Waals surface area contributed by atoms with E-state index in [0.29, 0.717) is 6.61 Å². The fourth-order valence-corrected chi connectivity index (χ4v) is 0.992. The van der Waals surface area contributed by atoms with E-state index < -0.39 is 0 Å². The van der Waals surface area contributed by atoms with Gasteiger partial charge < -0.3 is 14.9 Å². The molecule has 1 rings (SSSR count). The van der Waals surface area contributed by atoms with Crippen LogP contribution in [0.4, 0.5) is 0 Å². The van der Waals surface area contributed by atoms with Gasteiger partial charge in [-0.15, -0.1) is 0 Å². The average molecular weight is 132 g/mol. The second kappa shape index (κ2) is 2.64. The van der Waals surface area contributed by atoms with Crippen LogP contribution in [0.2, 0.25) is 0 Å². The molecule has 3 heteroatoms. The number of hydrogen-bond donors (Lipinski definition) is 2. The van der Waals surface area contributed by atoms with Gasteiger partial charge in [-0.3, -0.25) is 0 Å². The van der Waals surface area contributed by atoms with Crippen LogP contribution in [0.1, 0.15) is 6.92 Å². The van der Waals surface area contributed by atoms with Crippen LogP contribution < -0.4 is 0 Å². The first-order chi connectivity index (χ1) is 4.25. The van der Waals surface area contributed by atoms with E-state index >= 15 is 0 Å². The van der Waals surface area contributed by atoms with Crippen molar-refractivity contribution in [1.82, 2.24) is 0 Å². The quantitative estimate of drug-likeness (QED) is 0.499. The van der Waals surface area contributed by atoms with Crippen LogP contribution in [0.15, 0.2) is 0 Å². The molecule has 0 aromatic rings. The SMILES string of the molecule is CC1[C@@H](O)CO[C@@H]1CO. The van der Waals surface area contributed by atoms with Crippen molar-refractivity contribution in [3.63, 3.8) is 0 Å². The predicted molar refractivity (Wildman–Crippen MR) is 32.0 cm³/mol. The van der Waals surface area contributed by atoms with E-state index in [2.05, 4.69) is 0 Å². The molecule has 0 aromatic heterocycles. The van der Waals surface area contributed by atoms with Gasteiger partial charge in [0.15, 0.2) is 0 Å². The van der Waals surface area contributed by atoms with E-state index in [1.54, 1.807) is 0 Å². The summed E-state index contributed by atoms with van der Waals surface area (Å²) >= 11 is 0. The summed E-state index contributed by atoms with van der Waals surface area (Å²) in [5.41, 5.74) is 0. The second-order valence-electron chi connectivity index (χ2n) is 2.48. The predicted octanol–water partition coefficient (Wildman–Crippen LogP) is -0.626. The molecule has 1 heterocycles. The number of hydrogen-bond acceptors (Lipinski definition) is 3. The molecule has 1 unspecified atom stereocenters. The van der Waals surface area contributed by atoms with E-state index in [1.807, 2.05) is 6.92 Å². The van der Waals surface area contributed by atoms with Gasteiger partial charge >= 0.3 is 0 Å². The molecule has 1 fully saturated rings. The third-order valence-corrected chi connectivity index (χ3v) is 1.85. The molecule has 3 nitrogen and oxygen atoms in total. The maximum atomic E-state index is 9.06. The largest absolute Gasteiger partial charge is 0.394 e. The molecule has 9 heavy (non-hydrogen) atoms. The molecule has 0 bridgehead atoms. The van der Waals surface area contributed by atoms with E-state index in [1.165, 1.54) is 0 Å². The lowest BCUT2D eigenvalue weighted by Gasteiger charge is -2.11. The summed E-state index contributed by atoms with van der Waals surface area (Å²) < 4.78 is 5.03. The summed E-state index contributed by atoms with van der Waals surface area (Å²) in [6.07, 6.45) is -0.540. The van der Waals surface area contributed by atoms with Crippen LogP contribution >= 0.6 is 0 Å². The monoisotopic (exact) mass is 132 g/mol. The molecular weight excluding hydrogens is 120 g/mol. The van der Waals surface area contributed by atoms with Crippen molar-refractivity contribution < 1.29 is 14.9 Å². The number of rotatable bonds is 1. The zero-order valence-electron chi connectivity index (χ0n) is 5.45. The maximum absolute atomic E-state index is 9.06. The molecule has 1 aliphatic heterocycles. The van der Waals surface area contributed by atoms with Crippen LogP contribution in [-0.4, -0.2) is 35.6 Å². The molecule has 1 aliphatic rings. The Labute approximate surface area is 54.3 Å². The number of aliphatic hydroxyl groups excluding tert-OH is 2. The van der Waals surface area contributed by atoms with Crippen molar-refractivity contribution in [3.05, 3.63) is 0 Å². The number of aliphatic hydroxyl groups is 2. The van der Waals surface area contributed by atoms with Crippen LogP contribution in [0.3, 0.4) is 0 Å². The van der Waals surface area contributed by atoms with E-state index in [0.717, 1.165) is 0 Å². The Kier molecular flexibility index (Phi) is 2.05. The first-order valence-electron chi connectivity index (χ1n) is 3.16. The van der Waals surface area contributed by atoms with Crippen molar-refractivity contribution in [3.8, 4) is 0 Å². The van der Waals surface area contributed by atoms with Crippen molar-refractivity contribution in [1.29, 1.82) is 0 Å². The number of ether oxygens (including phenoxy) is 1. The molecule has 0 aliphatic carbocycles. The van der Waals surface area contributed by atoms with Gasteiger partial charge in [-0.1, -0.05) is 6.92 Å². The van der Waals surface area contributed by atoms with Gasteiger partial charge in [0.2, 0.25) is 0 Å². The first kappa shape index (κ1) is 6.99. The minimum atomic E-state index is -0.387. The molecule has 3 atom stereocenters. The van der Waals surface area contributed by atoms with Gasteiger partial charge in [-0.05, 0) is 0 Å². The molecule has 0 saturated carbocycles. The topological polar surface area (TPSA) is 49.7 Å². The van der Waals surface area contributed by atoms with Gasteiger partial charge in [0.25, 0.3) is 0 Å². The first-order valence-corrected chi connectivity index (χ1v) is 3.16. The van der Waals surface area contributed by atoms with E-state index in [9.17, 15) is 0 Å². The smallest absolute Gasteiger partial charge is 0.0857 e. The summed E-state index contributed by atoms with van der Waals surface area (Å²) in [7, 11) is 0. The Hall–Kier alpha value is -0.120. The molecule has 1 saturated heterocycles. The van der Waals surface area contributed by atoms with Gasteiger partial charge in [-0.25, -0.2) is 0 Å². The Morgan fingerprint density at radius 1 is 1.67 bits per heavy atom. The zero-order chi connectivity index (χ0) is 6.85. The fourth-order valence-electron chi connectivity index (χ4n) is 0.992. The Bertz CT molecular complexity index is 94.3. The Morgan fingerprint density at radius 2 is 2.33 bits per heavy atom. The van der Waals surface area contributed by atoms with Gasteiger partial charge in [0.05, 0.1) is 25.4 Å². The van der Waals surface area contributed by atoms with Gasteiger partial charge in [-0.2, -0.15) is 0 Å². The standard InChI is InChI=1S/C6H12O3/c1-4-5(8)3-9-6(4)2-7/h4-8H,2-3H2,1H3/t4?,5-,6+/m0/s1. The van der Waals surface area contributed by atoms with Crippen LogP contribution in [-0.2, 0) is 4.74 Å². The molecule has 0 spiro atoms. The lowest BCUT2D eigenvalue weighted by Crippen LogP contribution is -2.23. The molecule has 2 N–H and O–H groups in total. The fraction of sp³-hybridized carbons (Fsp3) is 1.00. The Morgan fingerprint density at radius 3 is 2.56 bits per heavy atom. The molecule has 0 aromatic carbocycles.